The van der Waals surface area contributed by atoms with Crippen molar-refractivity contribution in [2.75, 3.05) is 33.7 Å². The van der Waals surface area contributed by atoms with Gasteiger partial charge in [0, 0.05) is 19.6 Å². The Morgan fingerprint density at radius 1 is 1.00 bits per heavy atom. The van der Waals surface area contributed by atoms with Crippen molar-refractivity contribution in [3.63, 3.8) is 0 Å². The third kappa shape index (κ3) is 26.1. The van der Waals surface area contributed by atoms with E-state index in [2.05, 4.69) is 0 Å². The van der Waals surface area contributed by atoms with Crippen molar-refractivity contribution in [3.05, 3.63) is 0 Å². The van der Waals surface area contributed by atoms with Gasteiger partial charge in [0.25, 0.3) is 0 Å². The maximum Gasteiger partial charge on any atom is 0.320 e. The first-order valence-electron chi connectivity index (χ1n) is 8.79. The molecule has 23 heavy (non-hydrogen) atoms. The van der Waals surface area contributed by atoms with E-state index in [-0.39, 0.29) is 0 Å². The van der Waals surface area contributed by atoms with E-state index in [1.807, 2.05) is 60.5 Å². The van der Waals surface area contributed by atoms with Crippen LogP contribution < -0.4 is 5.73 Å². The van der Waals surface area contributed by atoms with Crippen molar-refractivity contribution in [1.82, 2.24) is 9.80 Å². The number of nitrogens with zero attached hydrogens (tertiary/aromatic N) is 2. The van der Waals surface area contributed by atoms with Crippen LogP contribution in [0.15, 0.2) is 0 Å². The highest BCUT2D eigenvalue weighted by molar-refractivity contribution is 5.72. The molecule has 0 rings (SSSR count). The SMILES string of the molecule is CC.CC.CC.CN(C)CCN(C=O)CCCCC(N)C(=O)O. The van der Waals surface area contributed by atoms with Gasteiger partial charge in [-0.2, -0.15) is 0 Å². The van der Waals surface area contributed by atoms with Gasteiger partial charge in [-0.05, 0) is 33.4 Å². The van der Waals surface area contributed by atoms with Gasteiger partial charge in [-0.1, -0.05) is 41.5 Å². The maximum absolute atomic E-state index is 10.7. The van der Waals surface area contributed by atoms with Crippen LogP contribution in [0.5, 0.6) is 0 Å². The summed E-state index contributed by atoms with van der Waals surface area (Å²) in [6, 6.07) is -0.790. The van der Waals surface area contributed by atoms with Gasteiger partial charge in [-0.25, -0.2) is 0 Å². The van der Waals surface area contributed by atoms with Gasteiger partial charge < -0.3 is 20.6 Å². The first-order chi connectivity index (χ1) is 11.0. The van der Waals surface area contributed by atoms with Gasteiger partial charge in [0.15, 0.2) is 0 Å². The van der Waals surface area contributed by atoms with Crippen molar-refractivity contribution in [3.8, 4) is 0 Å². The number of hydrogen-bond donors (Lipinski definition) is 2. The first-order valence-corrected chi connectivity index (χ1v) is 8.79. The molecule has 0 aliphatic heterocycles. The number of nitrogens with two attached hydrogens (primary N) is 1. The Labute approximate surface area is 144 Å². The summed E-state index contributed by atoms with van der Waals surface area (Å²) in [5, 5.41) is 8.58. The predicted octanol–water partition coefficient (Wildman–Crippen LogP) is 2.67. The van der Waals surface area contributed by atoms with E-state index in [0.29, 0.717) is 19.5 Å². The number of likely N-dealkylation sites (N-methyl/N-ethyl adjacent to an activating group) is 1. The van der Waals surface area contributed by atoms with Crippen LogP contribution in [0.3, 0.4) is 0 Å². The second-order valence-corrected chi connectivity index (χ2v) is 4.39. The number of hydrogen-bond acceptors (Lipinski definition) is 4. The van der Waals surface area contributed by atoms with E-state index < -0.39 is 12.0 Å². The minimum absolute atomic E-state index is 0.454. The number of carbonyl (C=O) groups is 2. The van der Waals surface area contributed by atoms with Gasteiger partial charge in [0.2, 0.25) is 6.41 Å². The van der Waals surface area contributed by atoms with Gasteiger partial charge in [-0.15, -0.1) is 0 Å². The highest BCUT2D eigenvalue weighted by Gasteiger charge is 2.10. The standard InChI is InChI=1S/C11H23N3O3.3C2H6/c1-13(2)7-8-14(9-15)6-4-3-5-10(12)11(16)17;3*1-2/h9-10H,3-8,12H2,1-2H3,(H,16,17);3*1-2H3. The lowest BCUT2D eigenvalue weighted by Gasteiger charge is -2.19. The summed E-state index contributed by atoms with van der Waals surface area (Å²) in [4.78, 5) is 24.9. The molecule has 0 heterocycles. The Balaban J connectivity index is -0.000000267. The molecule has 3 N–H and O–H groups in total. The number of unbranched alkanes of at least 4 members (excludes halogenated alkanes) is 1. The zero-order valence-corrected chi connectivity index (χ0v) is 16.6. The molecule has 0 aromatic heterocycles. The van der Waals surface area contributed by atoms with E-state index in [1.165, 1.54) is 0 Å². The second kappa shape index (κ2) is 25.8. The fourth-order valence-electron chi connectivity index (χ4n) is 1.35. The molecule has 142 valence electrons. The van der Waals surface area contributed by atoms with Gasteiger partial charge >= 0.3 is 5.97 Å². The quantitative estimate of drug-likeness (QED) is 0.473. The third-order valence-corrected chi connectivity index (χ3v) is 2.51. The van der Waals surface area contributed by atoms with E-state index in [4.69, 9.17) is 10.8 Å². The smallest absolute Gasteiger partial charge is 0.320 e. The monoisotopic (exact) mass is 335 g/mol. The Morgan fingerprint density at radius 2 is 1.48 bits per heavy atom. The van der Waals surface area contributed by atoms with E-state index in [1.54, 1.807) is 4.90 Å². The average molecular weight is 336 g/mol. The lowest BCUT2D eigenvalue weighted by Crippen LogP contribution is -2.32. The van der Waals surface area contributed by atoms with Crippen LogP contribution in [0.2, 0.25) is 0 Å². The number of rotatable bonds is 10. The molecule has 1 atom stereocenters. The Bertz CT molecular complexity index is 237. The van der Waals surface area contributed by atoms with Crippen LogP contribution >= 0.6 is 0 Å². The zero-order chi connectivity index (χ0) is 19.3. The van der Waals surface area contributed by atoms with E-state index in [9.17, 15) is 9.59 Å². The molecule has 1 unspecified atom stereocenters. The van der Waals surface area contributed by atoms with Crippen LogP contribution in [-0.2, 0) is 9.59 Å². The summed E-state index contributed by atoms with van der Waals surface area (Å²) in [7, 11) is 3.91. The normalized spacial score (nSPS) is 10.0. The van der Waals surface area contributed by atoms with Crippen LogP contribution in [0, 0.1) is 0 Å². The molecule has 6 nitrogen and oxygen atoms in total. The second-order valence-electron chi connectivity index (χ2n) is 4.39. The minimum Gasteiger partial charge on any atom is -0.480 e. The first kappa shape index (κ1) is 29.8. The Hall–Kier alpha value is -1.14. The van der Waals surface area contributed by atoms with Crippen molar-refractivity contribution in [1.29, 1.82) is 0 Å². The van der Waals surface area contributed by atoms with Gasteiger partial charge in [0.1, 0.15) is 6.04 Å². The zero-order valence-electron chi connectivity index (χ0n) is 16.6. The molecule has 0 bridgehead atoms. The van der Waals surface area contributed by atoms with Crippen LogP contribution in [0.4, 0.5) is 0 Å². The molecule has 6 heteroatoms. The molecule has 0 saturated heterocycles. The number of amides is 1. The largest absolute Gasteiger partial charge is 0.480 e. The number of carbonyl (C=O) groups excluding carboxylic acids is 1. The summed E-state index contributed by atoms with van der Waals surface area (Å²) < 4.78 is 0. The number of carboxylic acids is 1. The van der Waals surface area contributed by atoms with E-state index >= 15 is 0 Å². The van der Waals surface area contributed by atoms with Crippen LogP contribution in [0.1, 0.15) is 60.8 Å². The summed E-state index contributed by atoms with van der Waals surface area (Å²) >= 11 is 0. The topological polar surface area (TPSA) is 86.9 Å². The fraction of sp³-hybridized carbons (Fsp3) is 0.882. The Morgan fingerprint density at radius 3 is 1.83 bits per heavy atom. The lowest BCUT2D eigenvalue weighted by molar-refractivity contribution is -0.138. The molecular formula is C17H41N3O3. The minimum atomic E-state index is -0.968. The van der Waals surface area contributed by atoms with Crippen molar-refractivity contribution < 1.29 is 14.7 Å². The molecule has 0 aliphatic carbocycles. The highest BCUT2D eigenvalue weighted by atomic mass is 16.4. The molecule has 0 spiro atoms. The summed E-state index contributed by atoms with van der Waals surface area (Å²) in [6.07, 6.45) is 2.79. The predicted molar refractivity (Wildman–Crippen MR) is 99.7 cm³/mol. The Kier molecular flexibility index (Phi) is 33.4. The molecule has 1 amide bonds. The van der Waals surface area contributed by atoms with Gasteiger partial charge in [-0.3, -0.25) is 9.59 Å². The fourth-order valence-corrected chi connectivity index (χ4v) is 1.35. The van der Waals surface area contributed by atoms with E-state index in [0.717, 1.165) is 25.8 Å². The highest BCUT2D eigenvalue weighted by Crippen LogP contribution is 2.00. The summed E-state index contributed by atoms with van der Waals surface area (Å²) in [5.74, 6) is -0.968. The molecule has 0 fully saturated rings. The average Bonchev–Trinajstić information content (AvgIpc) is 2.59. The molecule has 0 aromatic carbocycles. The number of carboxylic acid groups (broad SMARTS) is 1. The van der Waals surface area contributed by atoms with Gasteiger partial charge in [0.05, 0.1) is 0 Å². The lowest BCUT2D eigenvalue weighted by atomic mass is 10.1. The van der Waals surface area contributed by atoms with Crippen molar-refractivity contribution >= 4 is 12.4 Å². The molecule has 0 radical (unpaired) electrons. The molecular weight excluding hydrogens is 294 g/mol. The maximum atomic E-state index is 10.7. The van der Waals surface area contributed by atoms with Crippen molar-refractivity contribution in [2.24, 2.45) is 5.73 Å². The molecule has 0 saturated carbocycles. The summed E-state index contributed by atoms with van der Waals surface area (Å²) in [6.45, 7) is 14.2. The third-order valence-electron chi connectivity index (χ3n) is 2.51. The van der Waals surface area contributed by atoms with Crippen LogP contribution in [0.25, 0.3) is 0 Å². The number of aliphatic carboxylic acids is 1. The summed E-state index contributed by atoms with van der Waals surface area (Å²) in [5.41, 5.74) is 5.37. The van der Waals surface area contributed by atoms with Crippen LogP contribution in [-0.4, -0.2) is 67.1 Å². The molecule has 0 aliphatic rings. The van der Waals surface area contributed by atoms with Crippen molar-refractivity contribution in [2.45, 2.75) is 66.8 Å². The molecule has 0 aromatic rings.